The van der Waals surface area contributed by atoms with E-state index in [1.807, 2.05) is 4.90 Å². The molecule has 2 aliphatic rings. The number of hydrogen-bond donors (Lipinski definition) is 2. The molecule has 1 aromatic carbocycles. The third-order valence-electron chi connectivity index (χ3n) is 7.12. The molecule has 3 rings (SSSR count). The van der Waals surface area contributed by atoms with Crippen LogP contribution in [-0.4, -0.2) is 56.9 Å². The van der Waals surface area contributed by atoms with E-state index in [-0.39, 0.29) is 29.9 Å². The summed E-state index contributed by atoms with van der Waals surface area (Å²) in [5.74, 6) is 0.574. The van der Waals surface area contributed by atoms with E-state index >= 15 is 0 Å². The van der Waals surface area contributed by atoms with Gasteiger partial charge in [0.2, 0.25) is 0 Å². The van der Waals surface area contributed by atoms with Crippen LogP contribution in [0.15, 0.2) is 24.3 Å². The molecular weight excluding hydrogens is 421 g/mol. The number of urea groups is 1. The average Bonchev–Trinajstić information content (AvgIpc) is 2.85. The fourth-order valence-electron chi connectivity index (χ4n) is 5.32. The standard InChI is InChI=1S/C26H42FN3O3/c1-32-15-6-16-33-25(21-10-12-23(27)13-11-21)22-9-5-14-30(19-22)26(31)29-24(18-28)17-20-7-3-2-4-8-20/h10-13,20,22,24-25H,2-9,14-19,28H2,1H3,(H,29,31)/t22?,24-,25?/m0/s1. The monoisotopic (exact) mass is 463 g/mol. The number of rotatable bonds is 11. The Morgan fingerprint density at radius 3 is 2.61 bits per heavy atom. The number of nitrogens with one attached hydrogen (secondary N) is 1. The van der Waals surface area contributed by atoms with Crippen molar-refractivity contribution in [1.82, 2.24) is 10.2 Å². The van der Waals surface area contributed by atoms with Crippen molar-refractivity contribution in [3.63, 3.8) is 0 Å². The van der Waals surface area contributed by atoms with Gasteiger partial charge < -0.3 is 25.4 Å². The van der Waals surface area contributed by atoms with E-state index in [9.17, 15) is 9.18 Å². The molecular formula is C26H42FN3O3. The number of piperidine rings is 1. The third kappa shape index (κ3) is 8.23. The van der Waals surface area contributed by atoms with Gasteiger partial charge in [-0.2, -0.15) is 0 Å². The summed E-state index contributed by atoms with van der Waals surface area (Å²) in [7, 11) is 1.68. The molecule has 1 aliphatic carbocycles. The zero-order valence-electron chi connectivity index (χ0n) is 20.1. The molecule has 6 nitrogen and oxygen atoms in total. The number of carbonyl (C=O) groups excluding carboxylic acids is 1. The van der Waals surface area contributed by atoms with Crippen LogP contribution in [0, 0.1) is 17.7 Å². The fourth-order valence-corrected chi connectivity index (χ4v) is 5.32. The van der Waals surface area contributed by atoms with E-state index in [1.165, 1.54) is 44.2 Å². The van der Waals surface area contributed by atoms with Gasteiger partial charge in [0.05, 0.1) is 6.10 Å². The zero-order valence-corrected chi connectivity index (χ0v) is 20.1. The lowest BCUT2D eigenvalue weighted by Gasteiger charge is -2.38. The molecule has 1 aromatic rings. The highest BCUT2D eigenvalue weighted by molar-refractivity contribution is 5.74. The molecule has 1 saturated carbocycles. The highest BCUT2D eigenvalue weighted by atomic mass is 19.1. The number of methoxy groups -OCH3 is 1. The molecule has 3 N–H and O–H groups in total. The Hall–Kier alpha value is -1.70. The molecule has 1 saturated heterocycles. The average molecular weight is 464 g/mol. The number of nitrogens with two attached hydrogens (primary N) is 1. The molecule has 1 aliphatic heterocycles. The van der Waals surface area contributed by atoms with E-state index in [1.54, 1.807) is 19.2 Å². The van der Waals surface area contributed by atoms with Crippen LogP contribution in [0.3, 0.4) is 0 Å². The van der Waals surface area contributed by atoms with Gasteiger partial charge in [-0.3, -0.25) is 0 Å². The number of likely N-dealkylation sites (tertiary alicyclic amines) is 1. The van der Waals surface area contributed by atoms with E-state index in [0.717, 1.165) is 37.8 Å². The van der Waals surface area contributed by atoms with Crippen LogP contribution in [0.25, 0.3) is 0 Å². The number of carbonyl (C=O) groups is 1. The van der Waals surface area contributed by atoms with E-state index in [4.69, 9.17) is 15.2 Å². The Morgan fingerprint density at radius 1 is 1.15 bits per heavy atom. The quantitative estimate of drug-likeness (QED) is 0.469. The Bertz CT molecular complexity index is 697. The normalized spacial score (nSPS) is 21.5. The molecule has 33 heavy (non-hydrogen) atoms. The van der Waals surface area contributed by atoms with Crippen LogP contribution in [0.1, 0.15) is 69.5 Å². The molecule has 0 bridgehead atoms. The first-order chi connectivity index (χ1) is 16.1. The highest BCUT2D eigenvalue weighted by Crippen LogP contribution is 2.33. The predicted octanol–water partition coefficient (Wildman–Crippen LogP) is 4.64. The van der Waals surface area contributed by atoms with Crippen molar-refractivity contribution >= 4 is 6.03 Å². The van der Waals surface area contributed by atoms with E-state index < -0.39 is 0 Å². The van der Waals surface area contributed by atoms with Crippen LogP contribution in [0.4, 0.5) is 9.18 Å². The molecule has 2 amide bonds. The Morgan fingerprint density at radius 2 is 1.91 bits per heavy atom. The minimum atomic E-state index is -0.257. The second-order valence-corrected chi connectivity index (χ2v) is 9.66. The van der Waals surface area contributed by atoms with Crippen molar-refractivity contribution in [3.8, 4) is 0 Å². The van der Waals surface area contributed by atoms with Gasteiger partial charge in [0.1, 0.15) is 5.82 Å². The number of nitrogens with zero attached hydrogens (tertiary/aromatic N) is 1. The Balaban J connectivity index is 1.59. The van der Waals surface area contributed by atoms with Crippen molar-refractivity contribution < 1.29 is 18.7 Å². The number of halogens is 1. The maximum absolute atomic E-state index is 13.5. The predicted molar refractivity (Wildman–Crippen MR) is 128 cm³/mol. The van der Waals surface area contributed by atoms with E-state index in [2.05, 4.69) is 5.32 Å². The van der Waals surface area contributed by atoms with Gasteiger partial charge >= 0.3 is 6.03 Å². The molecule has 186 valence electrons. The van der Waals surface area contributed by atoms with Crippen molar-refractivity contribution in [2.75, 3.05) is 40.0 Å². The van der Waals surface area contributed by atoms with E-state index in [0.29, 0.717) is 32.2 Å². The third-order valence-corrected chi connectivity index (χ3v) is 7.12. The lowest BCUT2D eigenvalue weighted by molar-refractivity contribution is -0.0168. The molecule has 1 heterocycles. The summed E-state index contributed by atoms with van der Waals surface area (Å²) in [4.78, 5) is 15.0. The second kappa shape index (κ2) is 13.9. The molecule has 0 aromatic heterocycles. The van der Waals surface area contributed by atoms with Crippen LogP contribution in [0.5, 0.6) is 0 Å². The minimum absolute atomic E-state index is 0.0248. The molecule has 3 atom stereocenters. The van der Waals surface area contributed by atoms with Crippen molar-refractivity contribution in [2.24, 2.45) is 17.6 Å². The summed E-state index contributed by atoms with van der Waals surface area (Å²) in [6, 6.07) is 6.55. The van der Waals surface area contributed by atoms with Gasteiger partial charge in [0, 0.05) is 51.9 Å². The lowest BCUT2D eigenvalue weighted by atomic mass is 9.85. The topological polar surface area (TPSA) is 76.8 Å². The van der Waals surface area contributed by atoms with Crippen LogP contribution >= 0.6 is 0 Å². The maximum Gasteiger partial charge on any atom is 0.317 e. The zero-order chi connectivity index (χ0) is 23.5. The smallest absolute Gasteiger partial charge is 0.317 e. The summed E-state index contributed by atoms with van der Waals surface area (Å²) in [6.07, 6.45) is 9.89. The van der Waals surface area contributed by atoms with Gasteiger partial charge in [0.25, 0.3) is 0 Å². The highest BCUT2D eigenvalue weighted by Gasteiger charge is 2.32. The maximum atomic E-state index is 13.5. The first-order valence-corrected chi connectivity index (χ1v) is 12.7. The molecule has 0 radical (unpaired) electrons. The summed E-state index contributed by atoms with van der Waals surface area (Å²) < 4.78 is 24.9. The molecule has 2 unspecified atom stereocenters. The summed E-state index contributed by atoms with van der Waals surface area (Å²) in [6.45, 7) is 3.04. The number of hydrogen-bond acceptors (Lipinski definition) is 4. The van der Waals surface area contributed by atoms with Gasteiger partial charge in [-0.05, 0) is 49.3 Å². The lowest BCUT2D eigenvalue weighted by Crippen LogP contribution is -2.51. The number of amides is 2. The van der Waals surface area contributed by atoms with Crippen LogP contribution in [0.2, 0.25) is 0 Å². The summed E-state index contributed by atoms with van der Waals surface area (Å²) in [5.41, 5.74) is 6.97. The number of benzene rings is 1. The first kappa shape index (κ1) is 25.9. The molecule has 0 spiro atoms. The van der Waals surface area contributed by atoms with Gasteiger partial charge in [-0.25, -0.2) is 9.18 Å². The Labute approximate surface area is 198 Å². The summed E-state index contributed by atoms with van der Waals surface area (Å²) in [5, 5.41) is 3.21. The fraction of sp³-hybridized carbons (Fsp3) is 0.731. The van der Waals surface area contributed by atoms with Gasteiger partial charge in [0.15, 0.2) is 0 Å². The second-order valence-electron chi connectivity index (χ2n) is 9.66. The van der Waals surface area contributed by atoms with Gasteiger partial charge in [-0.15, -0.1) is 0 Å². The summed E-state index contributed by atoms with van der Waals surface area (Å²) >= 11 is 0. The largest absolute Gasteiger partial charge is 0.385 e. The van der Waals surface area contributed by atoms with Crippen molar-refractivity contribution in [3.05, 3.63) is 35.6 Å². The molecule has 2 fully saturated rings. The SMILES string of the molecule is COCCCOC(c1ccc(F)cc1)C1CCCN(C(=O)N[C@H](CN)CC2CCCCC2)C1. The van der Waals surface area contributed by atoms with Gasteiger partial charge in [-0.1, -0.05) is 44.2 Å². The van der Waals surface area contributed by atoms with Crippen molar-refractivity contribution in [2.45, 2.75) is 69.9 Å². The first-order valence-electron chi connectivity index (χ1n) is 12.7. The minimum Gasteiger partial charge on any atom is -0.385 e. The molecule has 7 heteroatoms. The number of ether oxygens (including phenoxy) is 2. The van der Waals surface area contributed by atoms with Crippen molar-refractivity contribution in [1.29, 1.82) is 0 Å². The Kier molecular flexibility index (Phi) is 10.9. The van der Waals surface area contributed by atoms with Crippen LogP contribution in [-0.2, 0) is 9.47 Å². The van der Waals surface area contributed by atoms with Crippen LogP contribution < -0.4 is 11.1 Å².